The Bertz CT molecular complexity index is 525. The van der Waals surface area contributed by atoms with Crippen LogP contribution in [0.25, 0.3) is 0 Å². The summed E-state index contributed by atoms with van der Waals surface area (Å²) in [4.78, 5) is 0. The van der Waals surface area contributed by atoms with E-state index >= 15 is 0 Å². The average Bonchev–Trinajstić information content (AvgIpc) is 2.47. The zero-order valence-corrected chi connectivity index (χ0v) is 12.5. The smallest absolute Gasteiger partial charge is 0.0745 e. The summed E-state index contributed by atoms with van der Waals surface area (Å²) in [5.41, 5.74) is 3.39. The van der Waals surface area contributed by atoms with E-state index in [1.807, 2.05) is 24.3 Å². The number of anilines is 1. The maximum Gasteiger partial charge on any atom is 0.0745 e. The van der Waals surface area contributed by atoms with Crippen molar-refractivity contribution >= 4 is 21.6 Å². The minimum atomic E-state index is -0.0930. The van der Waals surface area contributed by atoms with Crippen molar-refractivity contribution in [2.24, 2.45) is 0 Å². The van der Waals surface area contributed by atoms with Crippen LogP contribution in [0.3, 0.4) is 0 Å². The molecule has 2 rings (SSSR count). The molecular weight excluding hydrogens is 302 g/mol. The quantitative estimate of drug-likeness (QED) is 0.867. The van der Waals surface area contributed by atoms with Crippen LogP contribution in [0.15, 0.2) is 53.0 Å². The SMILES string of the molecule is CCc1ccc(C(CO)Nc2ccccc2Br)cc1. The molecule has 1 atom stereocenters. The van der Waals surface area contributed by atoms with Gasteiger partial charge in [0.2, 0.25) is 0 Å². The van der Waals surface area contributed by atoms with Gasteiger partial charge in [0.25, 0.3) is 0 Å². The maximum atomic E-state index is 9.58. The average molecular weight is 320 g/mol. The maximum absolute atomic E-state index is 9.58. The molecule has 0 aliphatic carbocycles. The van der Waals surface area contributed by atoms with Gasteiger partial charge in [-0.1, -0.05) is 43.3 Å². The summed E-state index contributed by atoms with van der Waals surface area (Å²) < 4.78 is 0.999. The van der Waals surface area contributed by atoms with Gasteiger partial charge in [0, 0.05) is 10.2 Å². The van der Waals surface area contributed by atoms with Crippen LogP contribution in [0.1, 0.15) is 24.1 Å². The second kappa shape index (κ2) is 6.73. The van der Waals surface area contributed by atoms with Crippen LogP contribution in [0.2, 0.25) is 0 Å². The van der Waals surface area contributed by atoms with Gasteiger partial charge in [-0.2, -0.15) is 0 Å². The molecule has 0 aromatic heterocycles. The Morgan fingerprint density at radius 1 is 1.11 bits per heavy atom. The fourth-order valence-electron chi connectivity index (χ4n) is 1.99. The van der Waals surface area contributed by atoms with E-state index in [0.717, 1.165) is 22.1 Å². The molecule has 0 saturated heterocycles. The van der Waals surface area contributed by atoms with Crippen LogP contribution in [0.4, 0.5) is 5.69 Å². The van der Waals surface area contributed by atoms with Crippen molar-refractivity contribution in [3.63, 3.8) is 0 Å². The van der Waals surface area contributed by atoms with Crippen molar-refractivity contribution in [3.8, 4) is 0 Å². The fourth-order valence-corrected chi connectivity index (χ4v) is 2.39. The van der Waals surface area contributed by atoms with Crippen LogP contribution in [-0.2, 0) is 6.42 Å². The Hall–Kier alpha value is -1.32. The number of benzene rings is 2. The summed E-state index contributed by atoms with van der Waals surface area (Å²) in [6, 6.07) is 16.2. The van der Waals surface area contributed by atoms with Crippen molar-refractivity contribution < 1.29 is 5.11 Å². The Labute approximate surface area is 122 Å². The first-order valence-corrected chi connectivity index (χ1v) is 7.24. The van der Waals surface area contributed by atoms with Gasteiger partial charge >= 0.3 is 0 Å². The summed E-state index contributed by atoms with van der Waals surface area (Å²) in [6.07, 6.45) is 1.03. The summed E-state index contributed by atoms with van der Waals surface area (Å²) >= 11 is 3.51. The van der Waals surface area contributed by atoms with Crippen LogP contribution in [-0.4, -0.2) is 11.7 Å². The number of rotatable bonds is 5. The van der Waals surface area contributed by atoms with E-state index in [9.17, 15) is 5.11 Å². The zero-order chi connectivity index (χ0) is 13.7. The normalized spacial score (nSPS) is 12.2. The molecule has 0 spiro atoms. The summed E-state index contributed by atoms with van der Waals surface area (Å²) in [5, 5.41) is 12.9. The van der Waals surface area contributed by atoms with E-state index in [0.29, 0.717) is 0 Å². The largest absolute Gasteiger partial charge is 0.394 e. The van der Waals surface area contributed by atoms with Crippen LogP contribution < -0.4 is 5.32 Å². The number of halogens is 1. The number of hydrogen-bond donors (Lipinski definition) is 2. The van der Waals surface area contributed by atoms with Crippen molar-refractivity contribution in [1.29, 1.82) is 0 Å². The highest BCUT2D eigenvalue weighted by Crippen LogP contribution is 2.26. The summed E-state index contributed by atoms with van der Waals surface area (Å²) in [6.45, 7) is 2.20. The third kappa shape index (κ3) is 3.58. The standard InChI is InChI=1S/C16H18BrNO/c1-2-12-7-9-13(10-8-12)16(11-19)18-15-6-4-3-5-14(15)17/h3-10,16,18-19H,2,11H2,1H3. The van der Waals surface area contributed by atoms with Gasteiger partial charge in [0.05, 0.1) is 12.6 Å². The van der Waals surface area contributed by atoms with Gasteiger partial charge < -0.3 is 10.4 Å². The van der Waals surface area contributed by atoms with E-state index in [2.05, 4.69) is 52.4 Å². The molecule has 2 aromatic rings. The molecule has 2 aromatic carbocycles. The van der Waals surface area contributed by atoms with E-state index in [1.54, 1.807) is 0 Å². The minimum Gasteiger partial charge on any atom is -0.394 e. The molecule has 0 aliphatic heterocycles. The van der Waals surface area contributed by atoms with Gasteiger partial charge in [0.15, 0.2) is 0 Å². The third-order valence-corrected chi connectivity index (χ3v) is 3.87. The molecule has 0 amide bonds. The van der Waals surface area contributed by atoms with Gasteiger partial charge in [-0.25, -0.2) is 0 Å². The lowest BCUT2D eigenvalue weighted by atomic mass is 10.0. The first-order valence-electron chi connectivity index (χ1n) is 6.45. The van der Waals surface area contributed by atoms with Crippen molar-refractivity contribution in [1.82, 2.24) is 0 Å². The molecule has 0 bridgehead atoms. The number of hydrogen-bond acceptors (Lipinski definition) is 2. The van der Waals surface area contributed by atoms with E-state index in [1.165, 1.54) is 5.56 Å². The lowest BCUT2D eigenvalue weighted by Gasteiger charge is -2.19. The molecule has 0 aliphatic rings. The molecule has 2 N–H and O–H groups in total. The summed E-state index contributed by atoms with van der Waals surface area (Å²) in [5.74, 6) is 0. The van der Waals surface area contributed by atoms with E-state index < -0.39 is 0 Å². The molecule has 1 unspecified atom stereocenters. The Kier molecular flexibility index (Phi) is 5.00. The first-order chi connectivity index (χ1) is 9.24. The Balaban J connectivity index is 2.17. The molecule has 0 fully saturated rings. The predicted molar refractivity (Wildman–Crippen MR) is 83.4 cm³/mol. The topological polar surface area (TPSA) is 32.3 Å². The zero-order valence-electron chi connectivity index (χ0n) is 10.9. The Morgan fingerprint density at radius 2 is 1.79 bits per heavy atom. The molecule has 3 heteroatoms. The number of para-hydroxylation sites is 1. The molecule has 19 heavy (non-hydrogen) atoms. The van der Waals surface area contributed by atoms with Gasteiger partial charge in [0.1, 0.15) is 0 Å². The highest BCUT2D eigenvalue weighted by Gasteiger charge is 2.11. The monoisotopic (exact) mass is 319 g/mol. The van der Waals surface area contributed by atoms with Crippen molar-refractivity contribution in [2.75, 3.05) is 11.9 Å². The Morgan fingerprint density at radius 3 is 2.37 bits per heavy atom. The predicted octanol–water partition coefficient (Wildman–Crippen LogP) is 4.16. The van der Waals surface area contributed by atoms with E-state index in [-0.39, 0.29) is 12.6 Å². The first kappa shape index (κ1) is 14.1. The number of nitrogens with one attached hydrogen (secondary N) is 1. The lowest BCUT2D eigenvalue weighted by Crippen LogP contribution is -2.15. The number of aryl methyl sites for hydroxylation is 1. The number of aliphatic hydroxyl groups is 1. The lowest BCUT2D eigenvalue weighted by molar-refractivity contribution is 0.276. The number of aliphatic hydroxyl groups excluding tert-OH is 1. The van der Waals surface area contributed by atoms with Gasteiger partial charge in [-0.15, -0.1) is 0 Å². The van der Waals surface area contributed by atoms with Crippen molar-refractivity contribution in [3.05, 3.63) is 64.1 Å². The highest BCUT2D eigenvalue weighted by molar-refractivity contribution is 9.10. The van der Waals surface area contributed by atoms with Crippen LogP contribution in [0, 0.1) is 0 Å². The van der Waals surface area contributed by atoms with Crippen LogP contribution in [0.5, 0.6) is 0 Å². The molecule has 0 radical (unpaired) electrons. The van der Waals surface area contributed by atoms with Gasteiger partial charge in [-0.05, 0) is 45.6 Å². The van der Waals surface area contributed by atoms with Gasteiger partial charge in [-0.3, -0.25) is 0 Å². The molecule has 0 heterocycles. The van der Waals surface area contributed by atoms with Crippen molar-refractivity contribution in [2.45, 2.75) is 19.4 Å². The second-order valence-corrected chi connectivity index (χ2v) is 5.31. The molecular formula is C16H18BrNO. The van der Waals surface area contributed by atoms with E-state index in [4.69, 9.17) is 0 Å². The highest BCUT2D eigenvalue weighted by atomic mass is 79.9. The molecule has 0 saturated carbocycles. The summed E-state index contributed by atoms with van der Waals surface area (Å²) in [7, 11) is 0. The molecule has 100 valence electrons. The third-order valence-electron chi connectivity index (χ3n) is 3.18. The van der Waals surface area contributed by atoms with Crippen LogP contribution >= 0.6 is 15.9 Å². The molecule has 2 nitrogen and oxygen atoms in total. The second-order valence-electron chi connectivity index (χ2n) is 4.45. The minimum absolute atomic E-state index is 0.0623. The fraction of sp³-hybridized carbons (Fsp3) is 0.250.